The van der Waals surface area contributed by atoms with Crippen LogP contribution in [0.4, 0.5) is 5.69 Å². The lowest BCUT2D eigenvalue weighted by Crippen LogP contribution is -2.25. The molecule has 0 aliphatic heterocycles. The number of pyridine rings is 2. The SMILES string of the molecule is Nc1c(C(=O)NCCc2ccccc2Cl)sc2nc(-c3ccncc3)ccc12. The van der Waals surface area contributed by atoms with Crippen LogP contribution in [0.3, 0.4) is 0 Å². The highest BCUT2D eigenvalue weighted by Gasteiger charge is 2.17. The average Bonchev–Trinajstić information content (AvgIpc) is 3.06. The lowest BCUT2D eigenvalue weighted by atomic mass is 10.1. The number of amides is 1. The number of rotatable bonds is 5. The van der Waals surface area contributed by atoms with Crippen molar-refractivity contribution in [3.63, 3.8) is 0 Å². The van der Waals surface area contributed by atoms with Crippen molar-refractivity contribution in [2.75, 3.05) is 12.3 Å². The van der Waals surface area contributed by atoms with E-state index in [-0.39, 0.29) is 5.91 Å². The Morgan fingerprint density at radius 1 is 1.11 bits per heavy atom. The summed E-state index contributed by atoms with van der Waals surface area (Å²) in [6.45, 7) is 0.478. The van der Waals surface area contributed by atoms with Crippen molar-refractivity contribution in [1.82, 2.24) is 15.3 Å². The molecule has 0 fully saturated rings. The number of nitrogens with two attached hydrogens (primary N) is 1. The molecule has 3 heterocycles. The molecule has 3 N–H and O–H groups in total. The fraction of sp³-hybridized carbons (Fsp3) is 0.0952. The van der Waals surface area contributed by atoms with Crippen LogP contribution in [-0.4, -0.2) is 22.4 Å². The van der Waals surface area contributed by atoms with Gasteiger partial charge < -0.3 is 11.1 Å². The second-order valence-corrected chi connectivity index (χ2v) is 7.63. The average molecular weight is 409 g/mol. The number of benzene rings is 1. The van der Waals surface area contributed by atoms with Gasteiger partial charge in [-0.1, -0.05) is 29.8 Å². The fourth-order valence-electron chi connectivity index (χ4n) is 2.94. The van der Waals surface area contributed by atoms with E-state index in [1.165, 1.54) is 11.3 Å². The minimum absolute atomic E-state index is 0.196. The summed E-state index contributed by atoms with van der Waals surface area (Å²) in [5, 5.41) is 4.41. The van der Waals surface area contributed by atoms with Crippen molar-refractivity contribution in [3.05, 3.63) is 76.4 Å². The number of hydrogen-bond acceptors (Lipinski definition) is 5. The number of nitrogens with zero attached hydrogens (tertiary/aromatic N) is 2. The van der Waals surface area contributed by atoms with Crippen molar-refractivity contribution in [2.45, 2.75) is 6.42 Å². The number of carbonyl (C=O) groups excluding carboxylic acids is 1. The Hall–Kier alpha value is -2.96. The third-order valence-corrected chi connectivity index (χ3v) is 5.90. The van der Waals surface area contributed by atoms with Crippen molar-refractivity contribution >= 4 is 44.7 Å². The van der Waals surface area contributed by atoms with E-state index >= 15 is 0 Å². The number of halogens is 1. The zero-order valence-electron chi connectivity index (χ0n) is 14.9. The molecule has 0 spiro atoms. The molecule has 1 amide bonds. The monoisotopic (exact) mass is 408 g/mol. The third-order valence-electron chi connectivity index (χ3n) is 4.41. The van der Waals surface area contributed by atoms with E-state index in [1.807, 2.05) is 48.5 Å². The first kappa shape index (κ1) is 18.4. The van der Waals surface area contributed by atoms with E-state index < -0.39 is 0 Å². The van der Waals surface area contributed by atoms with Crippen molar-refractivity contribution < 1.29 is 4.79 Å². The summed E-state index contributed by atoms with van der Waals surface area (Å²) in [4.78, 5) is 22.5. The van der Waals surface area contributed by atoms with Gasteiger partial charge in [0.2, 0.25) is 0 Å². The molecule has 28 heavy (non-hydrogen) atoms. The van der Waals surface area contributed by atoms with Crippen LogP contribution >= 0.6 is 22.9 Å². The van der Waals surface area contributed by atoms with Gasteiger partial charge in [-0.3, -0.25) is 9.78 Å². The number of fused-ring (bicyclic) bond motifs is 1. The Morgan fingerprint density at radius 3 is 2.68 bits per heavy atom. The molecule has 4 aromatic rings. The summed E-state index contributed by atoms with van der Waals surface area (Å²) < 4.78 is 0. The minimum Gasteiger partial charge on any atom is -0.397 e. The lowest BCUT2D eigenvalue weighted by Gasteiger charge is -2.06. The Kier molecular flexibility index (Phi) is 5.23. The predicted molar refractivity (Wildman–Crippen MR) is 115 cm³/mol. The number of aromatic nitrogens is 2. The maximum Gasteiger partial charge on any atom is 0.263 e. The first-order valence-electron chi connectivity index (χ1n) is 8.74. The first-order valence-corrected chi connectivity index (χ1v) is 9.94. The Bertz CT molecular complexity index is 1140. The molecular weight excluding hydrogens is 392 g/mol. The summed E-state index contributed by atoms with van der Waals surface area (Å²) in [6, 6.07) is 15.2. The zero-order chi connectivity index (χ0) is 19.5. The van der Waals surface area contributed by atoms with Gasteiger partial charge in [0.05, 0.1) is 11.4 Å². The van der Waals surface area contributed by atoms with Crippen LogP contribution in [0.5, 0.6) is 0 Å². The van der Waals surface area contributed by atoms with E-state index in [1.54, 1.807) is 12.4 Å². The fourth-order valence-corrected chi connectivity index (χ4v) is 4.18. The van der Waals surface area contributed by atoms with Crippen LogP contribution in [0.15, 0.2) is 60.9 Å². The summed E-state index contributed by atoms with van der Waals surface area (Å²) in [5.41, 5.74) is 9.46. The van der Waals surface area contributed by atoms with Gasteiger partial charge in [0.15, 0.2) is 0 Å². The normalized spacial score (nSPS) is 10.9. The Labute approximate surface area is 171 Å². The molecule has 0 aliphatic rings. The van der Waals surface area contributed by atoms with Gasteiger partial charge in [-0.2, -0.15) is 0 Å². The zero-order valence-corrected chi connectivity index (χ0v) is 16.4. The Balaban J connectivity index is 1.52. The molecule has 0 bridgehead atoms. The summed E-state index contributed by atoms with van der Waals surface area (Å²) in [6.07, 6.45) is 4.10. The summed E-state index contributed by atoms with van der Waals surface area (Å²) in [7, 11) is 0. The smallest absolute Gasteiger partial charge is 0.263 e. The van der Waals surface area contributed by atoms with Gasteiger partial charge in [0.1, 0.15) is 9.71 Å². The first-order chi connectivity index (χ1) is 13.6. The molecular formula is C21H17ClN4OS. The summed E-state index contributed by atoms with van der Waals surface area (Å²) in [5.74, 6) is -0.196. The molecule has 0 saturated heterocycles. The molecule has 0 atom stereocenters. The standard InChI is InChI=1S/C21H17ClN4OS/c22-16-4-2-1-3-13(16)9-12-25-20(27)19-18(23)15-5-6-17(26-21(15)28-19)14-7-10-24-11-8-14/h1-8,10-11H,9,12,23H2,(H,25,27). The van der Waals surface area contributed by atoms with Gasteiger partial charge in [-0.15, -0.1) is 11.3 Å². The highest BCUT2D eigenvalue weighted by Crippen LogP contribution is 2.34. The van der Waals surface area contributed by atoms with Crippen LogP contribution in [0, 0.1) is 0 Å². The van der Waals surface area contributed by atoms with Crippen LogP contribution in [0.25, 0.3) is 21.5 Å². The second-order valence-electron chi connectivity index (χ2n) is 6.23. The molecule has 1 aromatic carbocycles. The summed E-state index contributed by atoms with van der Waals surface area (Å²) >= 11 is 7.46. The van der Waals surface area contributed by atoms with E-state index in [2.05, 4.69) is 15.3 Å². The molecule has 3 aromatic heterocycles. The number of carbonyl (C=O) groups is 1. The van der Waals surface area contributed by atoms with E-state index in [4.69, 9.17) is 17.3 Å². The van der Waals surface area contributed by atoms with Gasteiger partial charge >= 0.3 is 0 Å². The molecule has 0 radical (unpaired) electrons. The number of anilines is 1. The van der Waals surface area contributed by atoms with Gasteiger partial charge in [-0.05, 0) is 42.3 Å². The largest absolute Gasteiger partial charge is 0.397 e. The van der Waals surface area contributed by atoms with Crippen LogP contribution in [-0.2, 0) is 6.42 Å². The van der Waals surface area contributed by atoms with E-state index in [0.717, 1.165) is 27.0 Å². The van der Waals surface area contributed by atoms with Crippen molar-refractivity contribution in [2.24, 2.45) is 0 Å². The van der Waals surface area contributed by atoms with Crippen molar-refractivity contribution in [1.29, 1.82) is 0 Å². The molecule has 4 rings (SSSR count). The van der Waals surface area contributed by atoms with Gasteiger partial charge in [0, 0.05) is 34.9 Å². The molecule has 5 nitrogen and oxygen atoms in total. The number of nitrogen functional groups attached to an aromatic ring is 1. The third kappa shape index (κ3) is 3.69. The topological polar surface area (TPSA) is 80.9 Å². The van der Waals surface area contributed by atoms with Crippen LogP contribution in [0.1, 0.15) is 15.2 Å². The second kappa shape index (κ2) is 7.96. The molecule has 7 heteroatoms. The molecule has 0 unspecified atom stereocenters. The van der Waals surface area contributed by atoms with Gasteiger partial charge in [-0.25, -0.2) is 4.98 Å². The van der Waals surface area contributed by atoms with E-state index in [0.29, 0.717) is 28.6 Å². The Morgan fingerprint density at radius 2 is 1.89 bits per heavy atom. The van der Waals surface area contributed by atoms with Crippen LogP contribution < -0.4 is 11.1 Å². The highest BCUT2D eigenvalue weighted by molar-refractivity contribution is 7.21. The van der Waals surface area contributed by atoms with Crippen molar-refractivity contribution in [3.8, 4) is 11.3 Å². The number of thiophene rings is 1. The lowest BCUT2D eigenvalue weighted by molar-refractivity contribution is 0.0959. The van der Waals surface area contributed by atoms with Crippen LogP contribution in [0.2, 0.25) is 5.02 Å². The number of nitrogens with one attached hydrogen (secondary N) is 1. The molecule has 0 aliphatic carbocycles. The maximum atomic E-state index is 12.6. The molecule has 140 valence electrons. The highest BCUT2D eigenvalue weighted by atomic mass is 35.5. The van der Waals surface area contributed by atoms with Gasteiger partial charge in [0.25, 0.3) is 5.91 Å². The molecule has 0 saturated carbocycles. The minimum atomic E-state index is -0.196. The van der Waals surface area contributed by atoms with E-state index in [9.17, 15) is 4.79 Å². The maximum absolute atomic E-state index is 12.6. The number of hydrogen-bond donors (Lipinski definition) is 2. The predicted octanol–water partition coefficient (Wildman–Crippen LogP) is 4.57. The quantitative estimate of drug-likeness (QED) is 0.507.